The second-order valence-corrected chi connectivity index (χ2v) is 12.9. The van der Waals surface area contributed by atoms with Crippen molar-refractivity contribution in [2.45, 2.75) is 77.0 Å². The Morgan fingerprint density at radius 1 is 1.00 bits per heavy atom. The molecule has 8 atom stereocenters. The summed E-state index contributed by atoms with van der Waals surface area (Å²) in [4.78, 5) is 37.8. The molecule has 1 N–H and O–H groups in total. The number of hydrogen-bond acceptors (Lipinski definition) is 9. The van der Waals surface area contributed by atoms with Crippen LogP contribution < -0.4 is 14.8 Å². The Labute approximate surface area is 264 Å². The van der Waals surface area contributed by atoms with Gasteiger partial charge in [0.25, 0.3) is 0 Å². The molecule has 5 aliphatic rings. The van der Waals surface area contributed by atoms with E-state index in [0.29, 0.717) is 23.0 Å². The first-order valence-corrected chi connectivity index (χ1v) is 15.8. The Hall–Kier alpha value is -3.28. The zero-order valence-electron chi connectivity index (χ0n) is 26.6. The molecule has 4 saturated heterocycles. The Morgan fingerprint density at radius 3 is 2.56 bits per heavy atom. The predicted octanol–water partition coefficient (Wildman–Crippen LogP) is 5.44. The molecule has 1 saturated carbocycles. The average molecular weight is 622 g/mol. The van der Waals surface area contributed by atoms with E-state index < -0.39 is 23.9 Å². The van der Waals surface area contributed by atoms with Crippen LogP contribution in [-0.4, -0.2) is 56.4 Å². The van der Waals surface area contributed by atoms with Gasteiger partial charge >= 0.3 is 0 Å². The Bertz CT molecular complexity index is 1430. The number of hydrogen-bond donors (Lipinski definition) is 1. The molecule has 1 amide bonds. The molecule has 242 valence electrons. The summed E-state index contributed by atoms with van der Waals surface area (Å²) in [5, 5.41) is 3.03. The number of rotatable bonds is 10. The Kier molecular flexibility index (Phi) is 9.05. The number of carbonyl (C=O) groups excluding carboxylic acids is 2. The van der Waals surface area contributed by atoms with Gasteiger partial charge in [0.15, 0.2) is 17.7 Å². The third-order valence-electron chi connectivity index (χ3n) is 10.1. The smallest absolute Gasteiger partial charge is 0.248 e. The lowest BCUT2D eigenvalue weighted by Gasteiger charge is -2.60. The number of fused-ring (bicyclic) bond motifs is 2. The van der Waals surface area contributed by atoms with Gasteiger partial charge in [-0.25, -0.2) is 9.78 Å². The SMILES string of the molecule is COc1ccc(OC)c(/C=C/C(=O)c2ccc(COCC(=O)N[C@@H]3O[C@@H]4O[C@@]5(C)CC[C@H]6[C@H](C)CC[C@@H]([C@H]3C)[C@@]46OO5)cc2)c1. The number of ether oxygens (including phenoxy) is 5. The van der Waals surface area contributed by atoms with Crippen LogP contribution in [0.15, 0.2) is 48.5 Å². The molecule has 1 aliphatic carbocycles. The highest BCUT2D eigenvalue weighted by Gasteiger charge is 2.69. The van der Waals surface area contributed by atoms with Crippen LogP contribution >= 0.6 is 0 Å². The van der Waals surface area contributed by atoms with Crippen LogP contribution in [0.25, 0.3) is 6.08 Å². The zero-order valence-corrected chi connectivity index (χ0v) is 26.6. The van der Waals surface area contributed by atoms with E-state index in [4.69, 9.17) is 33.5 Å². The molecule has 45 heavy (non-hydrogen) atoms. The number of methoxy groups -OCH3 is 2. The highest BCUT2D eigenvalue weighted by molar-refractivity contribution is 6.07. The molecule has 0 unspecified atom stereocenters. The highest BCUT2D eigenvalue weighted by atomic mass is 17.3. The first-order chi connectivity index (χ1) is 21.7. The fourth-order valence-corrected chi connectivity index (χ4v) is 7.53. The molecule has 0 aromatic heterocycles. The largest absolute Gasteiger partial charge is 0.497 e. The van der Waals surface area contributed by atoms with Gasteiger partial charge in [-0.1, -0.05) is 38.1 Å². The minimum Gasteiger partial charge on any atom is -0.497 e. The van der Waals surface area contributed by atoms with Crippen LogP contribution in [0, 0.1) is 23.7 Å². The highest BCUT2D eigenvalue weighted by Crippen LogP contribution is 2.60. The van der Waals surface area contributed by atoms with E-state index in [0.717, 1.165) is 36.8 Å². The van der Waals surface area contributed by atoms with Gasteiger partial charge < -0.3 is 29.0 Å². The number of amides is 1. The Morgan fingerprint density at radius 2 is 1.80 bits per heavy atom. The summed E-state index contributed by atoms with van der Waals surface area (Å²) in [5.74, 6) is 0.896. The van der Waals surface area contributed by atoms with Gasteiger partial charge in [0.2, 0.25) is 11.7 Å². The predicted molar refractivity (Wildman–Crippen MR) is 164 cm³/mol. The van der Waals surface area contributed by atoms with Crippen LogP contribution in [0.3, 0.4) is 0 Å². The van der Waals surface area contributed by atoms with Gasteiger partial charge in [0.05, 0.1) is 20.8 Å². The van der Waals surface area contributed by atoms with Gasteiger partial charge in [-0.15, -0.1) is 0 Å². The van der Waals surface area contributed by atoms with Crippen molar-refractivity contribution >= 4 is 17.8 Å². The van der Waals surface area contributed by atoms with E-state index in [-0.39, 0.29) is 42.7 Å². The van der Waals surface area contributed by atoms with E-state index in [2.05, 4.69) is 19.2 Å². The summed E-state index contributed by atoms with van der Waals surface area (Å²) in [7, 11) is 3.17. The fraction of sp³-hybridized carbons (Fsp3) is 0.543. The maximum Gasteiger partial charge on any atom is 0.248 e. The molecule has 10 nitrogen and oxygen atoms in total. The van der Waals surface area contributed by atoms with Crippen molar-refractivity contribution in [2.24, 2.45) is 23.7 Å². The minimum atomic E-state index is -0.865. The molecular weight excluding hydrogens is 578 g/mol. The third kappa shape index (κ3) is 6.14. The normalized spacial score (nSPS) is 33.7. The maximum atomic E-state index is 13.0. The van der Waals surface area contributed by atoms with Gasteiger partial charge in [0.1, 0.15) is 24.3 Å². The molecule has 0 radical (unpaired) electrons. The monoisotopic (exact) mass is 621 g/mol. The van der Waals surface area contributed by atoms with Crippen LogP contribution in [-0.2, 0) is 35.4 Å². The first-order valence-electron chi connectivity index (χ1n) is 15.8. The molecular formula is C35H43NO9. The van der Waals surface area contributed by atoms with Crippen molar-refractivity contribution in [2.75, 3.05) is 20.8 Å². The van der Waals surface area contributed by atoms with Crippen molar-refractivity contribution in [1.29, 1.82) is 0 Å². The minimum absolute atomic E-state index is 0.000931. The number of ketones is 1. The van der Waals surface area contributed by atoms with Crippen molar-refractivity contribution in [1.82, 2.24) is 5.32 Å². The summed E-state index contributed by atoms with van der Waals surface area (Å²) < 4.78 is 29.2. The molecule has 2 aromatic carbocycles. The number of allylic oxidation sites excluding steroid dienone is 1. The standard InChI is InChI=1S/C35H43NO9/c1-21-6-13-28-22(2)32(42-33-35(28)27(21)16-17-34(3,43-33)44-45-35)36-31(38)20-41-19-23-7-9-24(10-8-23)29(37)14-11-25-18-26(39-4)12-15-30(25)40-5/h7-12,14-15,18,21-22,27-28,32-33H,6,13,16-17,19-20H2,1-5H3,(H,36,38)/b14-11+/t21-,22-,27+,28+,32-,33-,34-,35-/m1/s1. The fourth-order valence-electron chi connectivity index (χ4n) is 7.53. The van der Waals surface area contributed by atoms with Gasteiger partial charge in [-0.3, -0.25) is 9.59 Å². The molecule has 1 spiro atoms. The van der Waals surface area contributed by atoms with Crippen LogP contribution in [0.5, 0.6) is 11.5 Å². The molecule has 5 fully saturated rings. The summed E-state index contributed by atoms with van der Waals surface area (Å²) in [6, 6.07) is 12.5. The van der Waals surface area contributed by atoms with E-state index >= 15 is 0 Å². The summed E-state index contributed by atoms with van der Waals surface area (Å²) in [5.41, 5.74) is 1.45. The summed E-state index contributed by atoms with van der Waals surface area (Å²) in [6.07, 6.45) is 5.80. The summed E-state index contributed by atoms with van der Waals surface area (Å²) in [6.45, 7) is 6.36. The zero-order chi connectivity index (χ0) is 31.8. The average Bonchev–Trinajstić information content (AvgIpc) is 3.28. The van der Waals surface area contributed by atoms with Crippen LogP contribution in [0.4, 0.5) is 0 Å². The quantitative estimate of drug-likeness (QED) is 0.211. The lowest BCUT2D eigenvalue weighted by Crippen LogP contribution is -2.72. The van der Waals surface area contributed by atoms with Crippen molar-refractivity contribution in [3.63, 3.8) is 0 Å². The Balaban J connectivity index is 1.02. The maximum absolute atomic E-state index is 13.0. The number of benzene rings is 2. The third-order valence-corrected chi connectivity index (χ3v) is 10.1. The molecule has 10 heteroatoms. The summed E-state index contributed by atoms with van der Waals surface area (Å²) >= 11 is 0. The first kappa shape index (κ1) is 31.7. The van der Waals surface area contributed by atoms with E-state index in [1.165, 1.54) is 6.08 Å². The van der Waals surface area contributed by atoms with E-state index in [1.54, 1.807) is 50.6 Å². The number of carbonyl (C=O) groups is 2. The van der Waals surface area contributed by atoms with E-state index in [9.17, 15) is 9.59 Å². The second-order valence-electron chi connectivity index (χ2n) is 12.9. The number of nitrogens with one attached hydrogen (secondary N) is 1. The van der Waals surface area contributed by atoms with Gasteiger partial charge in [-0.2, -0.15) is 0 Å². The van der Waals surface area contributed by atoms with E-state index in [1.807, 2.05) is 19.1 Å². The van der Waals surface area contributed by atoms with Crippen molar-refractivity contribution < 1.29 is 43.0 Å². The molecule has 2 aromatic rings. The van der Waals surface area contributed by atoms with Crippen LogP contribution in [0.2, 0.25) is 0 Å². The lowest BCUT2D eigenvalue weighted by atomic mass is 9.58. The second kappa shape index (κ2) is 12.8. The molecule has 7 rings (SSSR count). The van der Waals surface area contributed by atoms with Crippen LogP contribution in [0.1, 0.15) is 67.9 Å². The van der Waals surface area contributed by atoms with Gasteiger partial charge in [-0.05, 0) is 73.9 Å². The molecule has 4 aliphatic heterocycles. The lowest BCUT2D eigenvalue weighted by molar-refractivity contribution is -0.571. The molecule has 2 bridgehead atoms. The molecule has 4 heterocycles. The van der Waals surface area contributed by atoms with Gasteiger partial charge in [0, 0.05) is 29.4 Å². The van der Waals surface area contributed by atoms with Crippen molar-refractivity contribution in [3.8, 4) is 11.5 Å². The topological polar surface area (TPSA) is 111 Å². The van der Waals surface area contributed by atoms with Crippen molar-refractivity contribution in [3.05, 3.63) is 65.2 Å².